The number of carboxylic acids is 1. The molecule has 3 aromatic heterocycles. The lowest BCUT2D eigenvalue weighted by molar-refractivity contribution is -0.139. The van der Waals surface area contributed by atoms with Gasteiger partial charge in [0.05, 0.1) is 21.5 Å². The molecule has 0 saturated heterocycles. The van der Waals surface area contributed by atoms with Crippen LogP contribution in [0.2, 0.25) is 10.0 Å². The topological polar surface area (TPSA) is 93.5 Å². The van der Waals surface area contributed by atoms with Gasteiger partial charge in [0, 0.05) is 23.9 Å². The highest BCUT2D eigenvalue weighted by molar-refractivity contribution is 6.33. The molecule has 2 atom stereocenters. The fraction of sp³-hybridized carbons (Fsp3) is 0.200. The van der Waals surface area contributed by atoms with E-state index in [0.717, 1.165) is 22.7 Å². The van der Waals surface area contributed by atoms with Crippen molar-refractivity contribution in [2.75, 3.05) is 0 Å². The number of hydrogen-bond acceptors (Lipinski definition) is 5. The van der Waals surface area contributed by atoms with Crippen LogP contribution >= 0.6 is 23.2 Å². The lowest BCUT2D eigenvalue weighted by Gasteiger charge is -2.07. The Morgan fingerprint density at radius 2 is 1.91 bits per heavy atom. The van der Waals surface area contributed by atoms with E-state index in [-0.39, 0.29) is 44.2 Å². The molecule has 0 spiro atoms. The molecule has 1 fully saturated rings. The van der Waals surface area contributed by atoms with Crippen LogP contribution < -0.4 is 0 Å². The molecule has 3 heterocycles. The number of hydrogen-bond donors (Lipinski definition) is 1. The van der Waals surface area contributed by atoms with Crippen molar-refractivity contribution in [1.29, 1.82) is 0 Å². The first-order valence-corrected chi connectivity index (χ1v) is 10.1. The summed E-state index contributed by atoms with van der Waals surface area (Å²) in [6.45, 7) is 0. The van der Waals surface area contributed by atoms with Crippen molar-refractivity contribution < 1.29 is 32.0 Å². The molecule has 4 aromatic rings. The van der Waals surface area contributed by atoms with Crippen molar-refractivity contribution in [2.45, 2.75) is 18.5 Å². The van der Waals surface area contributed by atoms with Crippen molar-refractivity contribution >= 4 is 34.8 Å². The molecule has 0 radical (unpaired) electrons. The van der Waals surface area contributed by atoms with Crippen LogP contribution in [0.3, 0.4) is 0 Å². The normalized spacial score (nSPS) is 18.1. The molecule has 5 rings (SSSR count). The van der Waals surface area contributed by atoms with Gasteiger partial charge in [-0.1, -0.05) is 28.4 Å². The maximum absolute atomic E-state index is 14.6. The number of aliphatic carboxylic acids is 1. The fourth-order valence-electron chi connectivity index (χ4n) is 3.58. The van der Waals surface area contributed by atoms with Crippen LogP contribution in [0.4, 0.5) is 17.6 Å². The Morgan fingerprint density at radius 1 is 1.15 bits per heavy atom. The molecule has 33 heavy (non-hydrogen) atoms. The number of halogens is 6. The Balaban J connectivity index is 1.49. The standard InChI is InChI=1S/C20H10Cl2F4N4O3/c21-12-3-9(8-2-10(8)19(31)32)14(23)4-11(12)16-28-18(33-29-16)15-6-30-5-7(20(24,25)26)1-13(22)17(30)27-15/h1,3-6,8,10H,2H2,(H,31,32). The highest BCUT2D eigenvalue weighted by Gasteiger charge is 2.45. The largest absolute Gasteiger partial charge is 0.481 e. The van der Waals surface area contributed by atoms with Crippen molar-refractivity contribution in [1.82, 2.24) is 19.5 Å². The third-order valence-electron chi connectivity index (χ3n) is 5.31. The molecular formula is C20H10Cl2F4N4O3. The summed E-state index contributed by atoms with van der Waals surface area (Å²) in [6.07, 6.45) is -2.22. The maximum Gasteiger partial charge on any atom is 0.417 e. The molecule has 1 N–H and O–H groups in total. The molecule has 13 heteroatoms. The number of carboxylic acid groups (broad SMARTS) is 1. The molecule has 0 aliphatic heterocycles. The zero-order valence-electron chi connectivity index (χ0n) is 16.1. The minimum atomic E-state index is -4.60. The number of imidazole rings is 1. The molecule has 7 nitrogen and oxygen atoms in total. The van der Waals surface area contributed by atoms with Crippen LogP contribution in [0, 0.1) is 11.7 Å². The van der Waals surface area contributed by atoms with Crippen LogP contribution in [0.1, 0.15) is 23.5 Å². The number of carbonyl (C=O) groups is 1. The quantitative estimate of drug-likeness (QED) is 0.361. The monoisotopic (exact) mass is 500 g/mol. The summed E-state index contributed by atoms with van der Waals surface area (Å²) in [5, 5.41) is 12.7. The highest BCUT2D eigenvalue weighted by Crippen LogP contribution is 2.49. The van der Waals surface area contributed by atoms with E-state index < -0.39 is 35.4 Å². The lowest BCUT2D eigenvalue weighted by Crippen LogP contribution is -2.06. The molecule has 170 valence electrons. The van der Waals surface area contributed by atoms with Crippen LogP contribution in [0.15, 0.2) is 35.1 Å². The second kappa shape index (κ2) is 7.42. The minimum Gasteiger partial charge on any atom is -0.481 e. The predicted molar refractivity (Wildman–Crippen MR) is 107 cm³/mol. The number of fused-ring (bicyclic) bond motifs is 1. The van der Waals surface area contributed by atoms with Crippen molar-refractivity contribution in [3.8, 4) is 23.0 Å². The van der Waals surface area contributed by atoms with Gasteiger partial charge in [0.25, 0.3) is 5.89 Å². The number of nitrogens with zero attached hydrogens (tertiary/aromatic N) is 4. The molecular weight excluding hydrogens is 491 g/mol. The number of aromatic nitrogens is 4. The zero-order valence-corrected chi connectivity index (χ0v) is 17.6. The van der Waals surface area contributed by atoms with Gasteiger partial charge in [-0.15, -0.1) is 0 Å². The van der Waals surface area contributed by atoms with Gasteiger partial charge >= 0.3 is 12.1 Å². The molecule has 1 saturated carbocycles. The van der Waals surface area contributed by atoms with Gasteiger partial charge < -0.3 is 14.0 Å². The molecule has 1 aliphatic carbocycles. The summed E-state index contributed by atoms with van der Waals surface area (Å²) in [6, 6.07) is 3.17. The number of rotatable bonds is 4. The summed E-state index contributed by atoms with van der Waals surface area (Å²) >= 11 is 12.2. The van der Waals surface area contributed by atoms with Crippen LogP contribution in [-0.2, 0) is 11.0 Å². The Hall–Kier alpha value is -3.18. The third kappa shape index (κ3) is 3.80. The second-order valence-corrected chi connectivity index (χ2v) is 8.31. The first kappa shape index (κ1) is 21.7. The van der Waals surface area contributed by atoms with Gasteiger partial charge in [-0.3, -0.25) is 4.79 Å². The van der Waals surface area contributed by atoms with Gasteiger partial charge in [0.2, 0.25) is 5.82 Å². The van der Waals surface area contributed by atoms with E-state index >= 15 is 0 Å². The zero-order chi connectivity index (χ0) is 23.7. The van der Waals surface area contributed by atoms with Crippen molar-refractivity contribution in [3.05, 3.63) is 57.6 Å². The Bertz CT molecular complexity index is 1430. The first-order chi connectivity index (χ1) is 15.5. The predicted octanol–water partition coefficient (Wildman–Crippen LogP) is 5.70. The first-order valence-electron chi connectivity index (χ1n) is 9.34. The van der Waals surface area contributed by atoms with Gasteiger partial charge in [0.15, 0.2) is 5.65 Å². The third-order valence-corrected chi connectivity index (χ3v) is 5.90. The van der Waals surface area contributed by atoms with E-state index in [1.165, 1.54) is 12.3 Å². The van der Waals surface area contributed by atoms with Crippen LogP contribution in [-0.4, -0.2) is 30.6 Å². The van der Waals surface area contributed by atoms with E-state index in [0.29, 0.717) is 6.42 Å². The summed E-state index contributed by atoms with van der Waals surface area (Å²) in [4.78, 5) is 19.3. The molecule has 0 amide bonds. The number of benzene rings is 1. The lowest BCUT2D eigenvalue weighted by atomic mass is 10.0. The minimum absolute atomic E-state index is 0.0465. The summed E-state index contributed by atoms with van der Waals surface area (Å²) in [5.74, 6) is -3.00. The van der Waals surface area contributed by atoms with Gasteiger partial charge in [0.1, 0.15) is 11.5 Å². The summed E-state index contributed by atoms with van der Waals surface area (Å²) in [7, 11) is 0. The smallest absolute Gasteiger partial charge is 0.417 e. The molecule has 0 bridgehead atoms. The Morgan fingerprint density at radius 3 is 2.58 bits per heavy atom. The molecule has 1 aromatic carbocycles. The van der Waals surface area contributed by atoms with E-state index in [1.807, 2.05) is 0 Å². The fourth-order valence-corrected chi connectivity index (χ4v) is 4.10. The van der Waals surface area contributed by atoms with Gasteiger partial charge in [-0.25, -0.2) is 9.37 Å². The summed E-state index contributed by atoms with van der Waals surface area (Å²) < 4.78 is 59.9. The average molecular weight is 501 g/mol. The Labute approximate surface area is 191 Å². The van der Waals surface area contributed by atoms with Gasteiger partial charge in [-0.05, 0) is 30.2 Å². The SMILES string of the molecule is O=C(O)C1CC1c1cc(Cl)c(-c2noc(-c3cn4cc(C(F)(F)F)cc(Cl)c4n3)n2)cc1F. The Kier molecular flexibility index (Phi) is 4.87. The highest BCUT2D eigenvalue weighted by atomic mass is 35.5. The van der Waals surface area contributed by atoms with E-state index in [4.69, 9.17) is 32.8 Å². The van der Waals surface area contributed by atoms with E-state index in [2.05, 4.69) is 15.1 Å². The summed E-state index contributed by atoms with van der Waals surface area (Å²) in [5.41, 5.74) is -0.578. The van der Waals surface area contributed by atoms with E-state index in [9.17, 15) is 22.4 Å². The van der Waals surface area contributed by atoms with Gasteiger partial charge in [-0.2, -0.15) is 18.2 Å². The van der Waals surface area contributed by atoms with Crippen LogP contribution in [0.5, 0.6) is 0 Å². The number of alkyl halides is 3. The average Bonchev–Trinajstić information content (AvgIpc) is 3.16. The number of pyridine rings is 1. The second-order valence-electron chi connectivity index (χ2n) is 7.50. The molecule has 2 unspecified atom stereocenters. The van der Waals surface area contributed by atoms with Crippen LogP contribution in [0.25, 0.3) is 28.6 Å². The van der Waals surface area contributed by atoms with Crippen molar-refractivity contribution in [3.63, 3.8) is 0 Å². The molecule has 1 aliphatic rings. The van der Waals surface area contributed by atoms with E-state index in [1.54, 1.807) is 0 Å². The van der Waals surface area contributed by atoms with Crippen molar-refractivity contribution in [2.24, 2.45) is 5.92 Å². The maximum atomic E-state index is 14.6.